The highest BCUT2D eigenvalue weighted by Gasteiger charge is 2.35. The number of halogens is 1. The number of piperazine rings is 1. The SMILES string of the molecule is C=C(CN1CCC(OC)CC1)C(=O)N1CCN(c2nc(OC[C@@H]3CCCN3C)nc3c2CCN(c2cccc4cccc(Cl)c24)C3)C[C@@H]1CC#N. The van der Waals surface area contributed by atoms with E-state index in [4.69, 9.17) is 31.0 Å². The van der Waals surface area contributed by atoms with Crippen LogP contribution in [0, 0.1) is 11.3 Å². The summed E-state index contributed by atoms with van der Waals surface area (Å²) in [5.41, 5.74) is 3.69. The van der Waals surface area contributed by atoms with Crippen LogP contribution in [0.25, 0.3) is 10.8 Å². The molecule has 4 aliphatic rings. The average Bonchev–Trinajstić information content (AvgIpc) is 3.57. The van der Waals surface area contributed by atoms with Crippen molar-refractivity contribution in [2.24, 2.45) is 0 Å². The molecule has 12 heteroatoms. The van der Waals surface area contributed by atoms with E-state index in [1.54, 1.807) is 7.11 Å². The first-order valence-corrected chi connectivity index (χ1v) is 18.7. The summed E-state index contributed by atoms with van der Waals surface area (Å²) in [5, 5.41) is 12.8. The maximum absolute atomic E-state index is 13.8. The second-order valence-electron chi connectivity index (χ2n) is 14.4. The van der Waals surface area contributed by atoms with Gasteiger partial charge in [-0.15, -0.1) is 0 Å². The van der Waals surface area contributed by atoms with E-state index in [0.717, 1.165) is 96.8 Å². The van der Waals surface area contributed by atoms with Crippen molar-refractivity contribution >= 4 is 39.8 Å². The molecule has 2 atom stereocenters. The lowest BCUT2D eigenvalue weighted by molar-refractivity contribution is -0.130. The van der Waals surface area contributed by atoms with Crippen molar-refractivity contribution in [2.45, 2.75) is 63.3 Å². The predicted molar refractivity (Wildman–Crippen MR) is 200 cm³/mol. The molecule has 0 saturated carbocycles. The van der Waals surface area contributed by atoms with E-state index in [0.29, 0.717) is 57.0 Å². The summed E-state index contributed by atoms with van der Waals surface area (Å²) >= 11 is 6.75. The number of benzene rings is 2. The smallest absolute Gasteiger partial charge is 0.318 e. The number of fused-ring (bicyclic) bond motifs is 2. The highest BCUT2D eigenvalue weighted by Crippen LogP contribution is 2.37. The van der Waals surface area contributed by atoms with E-state index in [1.165, 1.54) is 0 Å². The van der Waals surface area contributed by atoms with Crippen LogP contribution in [-0.4, -0.2) is 122 Å². The molecule has 51 heavy (non-hydrogen) atoms. The van der Waals surface area contributed by atoms with Gasteiger partial charge in [-0.05, 0) is 63.2 Å². The highest BCUT2D eigenvalue weighted by atomic mass is 35.5. The molecule has 3 aromatic rings. The molecule has 4 aliphatic heterocycles. The Morgan fingerprint density at radius 1 is 1.02 bits per heavy atom. The van der Waals surface area contributed by atoms with Gasteiger partial charge in [-0.2, -0.15) is 15.2 Å². The van der Waals surface area contributed by atoms with Crippen molar-refractivity contribution in [3.8, 4) is 12.1 Å². The first kappa shape index (κ1) is 35.5. The topological polar surface area (TPSA) is 101 Å². The lowest BCUT2D eigenvalue weighted by atomic mass is 10.0. The summed E-state index contributed by atoms with van der Waals surface area (Å²) in [6.07, 6.45) is 5.41. The molecule has 0 N–H and O–H groups in total. The number of rotatable bonds is 10. The number of likely N-dealkylation sites (tertiary alicyclic amines) is 2. The second-order valence-corrected chi connectivity index (χ2v) is 14.8. The van der Waals surface area contributed by atoms with Gasteiger partial charge in [-0.3, -0.25) is 9.69 Å². The number of carbonyl (C=O) groups is 1. The summed E-state index contributed by atoms with van der Waals surface area (Å²) in [7, 11) is 3.90. The molecule has 0 spiro atoms. The van der Waals surface area contributed by atoms with Crippen LogP contribution >= 0.6 is 11.6 Å². The van der Waals surface area contributed by atoms with Gasteiger partial charge in [0, 0.05) is 81.2 Å². The minimum atomic E-state index is -0.285. The summed E-state index contributed by atoms with van der Waals surface area (Å²) in [4.78, 5) is 35.0. The van der Waals surface area contributed by atoms with Crippen LogP contribution in [0.4, 0.5) is 11.5 Å². The van der Waals surface area contributed by atoms with E-state index in [2.05, 4.69) is 63.6 Å². The Kier molecular flexibility index (Phi) is 10.9. The third-order valence-electron chi connectivity index (χ3n) is 11.2. The number of carbonyl (C=O) groups excluding carboxylic acids is 1. The lowest BCUT2D eigenvalue weighted by Gasteiger charge is -2.43. The molecule has 0 bridgehead atoms. The maximum atomic E-state index is 13.8. The minimum absolute atomic E-state index is 0.0671. The third-order valence-corrected chi connectivity index (χ3v) is 11.5. The van der Waals surface area contributed by atoms with E-state index in [-0.39, 0.29) is 24.5 Å². The zero-order valence-electron chi connectivity index (χ0n) is 29.9. The predicted octanol–water partition coefficient (Wildman–Crippen LogP) is 4.92. The number of methoxy groups -OCH3 is 1. The van der Waals surface area contributed by atoms with Crippen LogP contribution in [0.2, 0.25) is 5.02 Å². The monoisotopic (exact) mass is 712 g/mol. The van der Waals surface area contributed by atoms with Crippen molar-refractivity contribution in [2.75, 3.05) is 82.9 Å². The second kappa shape index (κ2) is 15.7. The number of nitrogens with zero attached hydrogens (tertiary/aromatic N) is 8. The molecule has 3 saturated heterocycles. The fourth-order valence-corrected chi connectivity index (χ4v) is 8.54. The normalized spacial score (nSPS) is 21.9. The van der Waals surface area contributed by atoms with Gasteiger partial charge in [0.1, 0.15) is 12.4 Å². The summed E-state index contributed by atoms with van der Waals surface area (Å²) in [6.45, 7) is 11.0. The van der Waals surface area contributed by atoms with Crippen LogP contribution in [0.15, 0.2) is 48.6 Å². The third kappa shape index (κ3) is 7.65. The molecule has 3 fully saturated rings. The largest absolute Gasteiger partial charge is 0.462 e. The molecular weight excluding hydrogens is 664 g/mol. The fraction of sp³-hybridized carbons (Fsp3) is 0.538. The molecule has 5 heterocycles. The fourth-order valence-electron chi connectivity index (χ4n) is 8.26. The van der Waals surface area contributed by atoms with Crippen molar-refractivity contribution in [1.29, 1.82) is 5.26 Å². The standard InChI is InChI=1S/C39H49ClN8O3/c1-27(23-45-18-13-31(50-3)14-19-45)38(49)48-22-21-47(24-29(48)12-16-41)37-32-15-20-46(35-11-5-8-28-7-4-10-33(40)36(28)35)25-34(32)42-39(43-37)51-26-30-9-6-17-44(30)2/h4-5,7-8,10-11,29-31H,1,6,9,12-15,17-26H2,2-3H3/t29-,30-/m0/s1. The van der Waals surface area contributed by atoms with Gasteiger partial charge in [-0.1, -0.05) is 42.4 Å². The Labute approximate surface area is 306 Å². The van der Waals surface area contributed by atoms with Gasteiger partial charge in [0.15, 0.2) is 0 Å². The van der Waals surface area contributed by atoms with E-state index in [9.17, 15) is 10.1 Å². The zero-order valence-corrected chi connectivity index (χ0v) is 30.7. The summed E-state index contributed by atoms with van der Waals surface area (Å²) in [6, 6.07) is 15.1. The van der Waals surface area contributed by atoms with Crippen LogP contribution in [0.5, 0.6) is 6.01 Å². The number of aromatic nitrogens is 2. The number of nitriles is 1. The Balaban J connectivity index is 1.13. The number of hydrogen-bond acceptors (Lipinski definition) is 10. The molecule has 0 unspecified atom stereocenters. The average molecular weight is 713 g/mol. The Morgan fingerprint density at radius 2 is 1.82 bits per heavy atom. The van der Waals surface area contributed by atoms with Gasteiger partial charge >= 0.3 is 6.01 Å². The Morgan fingerprint density at radius 3 is 2.57 bits per heavy atom. The zero-order chi connectivity index (χ0) is 35.5. The van der Waals surface area contributed by atoms with E-state index >= 15 is 0 Å². The maximum Gasteiger partial charge on any atom is 0.318 e. The molecule has 2 aromatic carbocycles. The first-order valence-electron chi connectivity index (χ1n) is 18.3. The minimum Gasteiger partial charge on any atom is -0.462 e. The number of piperidine rings is 1. The molecule has 11 nitrogen and oxygen atoms in total. The number of hydrogen-bond donors (Lipinski definition) is 0. The van der Waals surface area contributed by atoms with Crippen LogP contribution in [-0.2, 0) is 22.5 Å². The number of amides is 1. The first-order chi connectivity index (χ1) is 24.8. The summed E-state index contributed by atoms with van der Waals surface area (Å²) in [5.74, 6) is 0.780. The van der Waals surface area contributed by atoms with Gasteiger partial charge in [0.05, 0.1) is 41.9 Å². The van der Waals surface area contributed by atoms with Crippen molar-refractivity contribution < 1.29 is 14.3 Å². The lowest BCUT2D eigenvalue weighted by Crippen LogP contribution is -2.56. The Hall–Kier alpha value is -3.95. The highest BCUT2D eigenvalue weighted by molar-refractivity contribution is 6.36. The van der Waals surface area contributed by atoms with Crippen LogP contribution < -0.4 is 14.5 Å². The van der Waals surface area contributed by atoms with Gasteiger partial charge in [0.25, 0.3) is 5.91 Å². The quantitative estimate of drug-likeness (QED) is 0.270. The molecule has 0 aliphatic carbocycles. The van der Waals surface area contributed by atoms with Gasteiger partial charge < -0.3 is 29.1 Å². The number of anilines is 2. The van der Waals surface area contributed by atoms with Gasteiger partial charge in [0.2, 0.25) is 0 Å². The molecule has 270 valence electrons. The molecular formula is C39H49ClN8O3. The molecule has 1 aromatic heterocycles. The summed E-state index contributed by atoms with van der Waals surface area (Å²) < 4.78 is 11.9. The van der Waals surface area contributed by atoms with Gasteiger partial charge in [-0.25, -0.2) is 0 Å². The Bertz CT molecular complexity index is 1780. The van der Waals surface area contributed by atoms with Crippen molar-refractivity contribution in [3.05, 3.63) is 64.8 Å². The van der Waals surface area contributed by atoms with E-state index < -0.39 is 0 Å². The number of likely N-dealkylation sites (N-methyl/N-ethyl adjacent to an activating group) is 1. The van der Waals surface area contributed by atoms with Crippen LogP contribution in [0.3, 0.4) is 0 Å². The molecule has 1 amide bonds. The van der Waals surface area contributed by atoms with Crippen molar-refractivity contribution in [1.82, 2.24) is 24.7 Å². The van der Waals surface area contributed by atoms with E-state index in [1.807, 2.05) is 17.0 Å². The van der Waals surface area contributed by atoms with Crippen molar-refractivity contribution in [3.63, 3.8) is 0 Å². The number of ether oxygens (including phenoxy) is 2. The molecule has 0 radical (unpaired) electrons. The van der Waals surface area contributed by atoms with Crippen LogP contribution in [0.1, 0.15) is 43.4 Å². The molecule has 7 rings (SSSR count).